The maximum atomic E-state index is 12.4. The molecule has 4 heteroatoms. The molecule has 0 bridgehead atoms. The normalized spacial score (nSPS) is 20.3. The van der Waals surface area contributed by atoms with Crippen LogP contribution in [0.15, 0.2) is 40.8 Å². The number of hydrogen-bond acceptors (Lipinski definition) is 2. The van der Waals surface area contributed by atoms with Gasteiger partial charge < -0.3 is 0 Å². The largest absolute Gasteiger partial charge is 0.240 e. The Morgan fingerprint density at radius 3 is 2.35 bits per heavy atom. The molecule has 3 nitrogen and oxygen atoms in total. The minimum absolute atomic E-state index is 0.383. The molecule has 1 fully saturated rings. The molecule has 0 radical (unpaired) electrons. The van der Waals surface area contributed by atoms with Crippen LogP contribution in [-0.4, -0.2) is 15.0 Å². The molecule has 1 aromatic rings. The molecule has 2 aliphatic rings. The van der Waals surface area contributed by atoms with E-state index >= 15 is 0 Å². The van der Waals surface area contributed by atoms with Crippen molar-refractivity contribution < 1.29 is 8.42 Å². The number of nitrogens with one attached hydrogen (secondary N) is 1. The van der Waals surface area contributed by atoms with Crippen LogP contribution in [0, 0.1) is 0 Å². The standard InChI is InChI=1S/C19H27NO2S/c21-23(22,20-15-16-7-3-1-4-8-16)19-13-11-18(12-14-19)17-9-5-2-6-10-17/h7,11-14,17,20H,1-6,8-10,15H2. The van der Waals surface area contributed by atoms with Crippen LogP contribution < -0.4 is 4.72 Å². The van der Waals surface area contributed by atoms with Crippen LogP contribution in [-0.2, 0) is 10.0 Å². The van der Waals surface area contributed by atoms with E-state index in [1.165, 1.54) is 56.1 Å². The van der Waals surface area contributed by atoms with Gasteiger partial charge in [0.1, 0.15) is 0 Å². The summed E-state index contributed by atoms with van der Waals surface area (Å²) in [5.74, 6) is 0.612. The Morgan fingerprint density at radius 2 is 1.70 bits per heavy atom. The Hall–Kier alpha value is -1.13. The molecule has 0 aromatic heterocycles. The lowest BCUT2D eigenvalue weighted by molar-refractivity contribution is 0.443. The third kappa shape index (κ3) is 4.45. The molecule has 2 aliphatic carbocycles. The van der Waals surface area contributed by atoms with Crippen molar-refractivity contribution in [2.24, 2.45) is 0 Å². The average Bonchev–Trinajstić information content (AvgIpc) is 2.62. The maximum absolute atomic E-state index is 12.4. The second kappa shape index (κ2) is 7.63. The molecule has 0 unspecified atom stereocenters. The van der Waals surface area contributed by atoms with Crippen LogP contribution in [0.1, 0.15) is 69.3 Å². The van der Waals surface area contributed by atoms with Gasteiger partial charge in [0.15, 0.2) is 0 Å². The zero-order valence-corrected chi connectivity index (χ0v) is 14.6. The second-order valence-corrected chi connectivity index (χ2v) is 8.60. The Labute approximate surface area is 140 Å². The fourth-order valence-corrected chi connectivity index (χ4v) is 4.73. The first-order valence-electron chi connectivity index (χ1n) is 8.93. The number of allylic oxidation sites excluding steroid dienone is 1. The molecule has 0 atom stereocenters. The topological polar surface area (TPSA) is 46.2 Å². The predicted octanol–water partition coefficient (Wildman–Crippen LogP) is 4.51. The van der Waals surface area contributed by atoms with Crippen LogP contribution in [0.5, 0.6) is 0 Å². The second-order valence-electron chi connectivity index (χ2n) is 6.84. The van der Waals surface area contributed by atoms with Crippen molar-refractivity contribution in [1.82, 2.24) is 4.72 Å². The van der Waals surface area contributed by atoms with E-state index in [0.29, 0.717) is 17.4 Å². The molecule has 3 rings (SSSR count). The lowest BCUT2D eigenvalue weighted by Crippen LogP contribution is -2.26. The summed E-state index contributed by atoms with van der Waals surface area (Å²) < 4.78 is 27.6. The van der Waals surface area contributed by atoms with Crippen LogP contribution in [0.4, 0.5) is 0 Å². The molecule has 0 spiro atoms. The van der Waals surface area contributed by atoms with Gasteiger partial charge in [-0.3, -0.25) is 0 Å². The van der Waals surface area contributed by atoms with E-state index in [1.807, 2.05) is 12.1 Å². The van der Waals surface area contributed by atoms with Crippen molar-refractivity contribution in [3.63, 3.8) is 0 Å². The van der Waals surface area contributed by atoms with E-state index in [9.17, 15) is 8.42 Å². The van der Waals surface area contributed by atoms with E-state index in [1.54, 1.807) is 12.1 Å². The molecule has 1 N–H and O–H groups in total. The molecule has 23 heavy (non-hydrogen) atoms. The number of sulfonamides is 1. The highest BCUT2D eigenvalue weighted by atomic mass is 32.2. The van der Waals surface area contributed by atoms with Crippen molar-refractivity contribution in [1.29, 1.82) is 0 Å². The van der Waals surface area contributed by atoms with E-state index in [4.69, 9.17) is 0 Å². The van der Waals surface area contributed by atoms with Crippen molar-refractivity contribution in [3.8, 4) is 0 Å². The van der Waals surface area contributed by atoms with E-state index in [0.717, 1.165) is 12.8 Å². The predicted molar refractivity (Wildman–Crippen MR) is 94.0 cm³/mol. The molecule has 0 heterocycles. The highest BCUT2D eigenvalue weighted by Crippen LogP contribution is 2.32. The molecule has 1 saturated carbocycles. The van der Waals surface area contributed by atoms with E-state index in [2.05, 4.69) is 10.8 Å². The monoisotopic (exact) mass is 333 g/mol. The molecule has 1 aromatic carbocycles. The fraction of sp³-hybridized carbons (Fsp3) is 0.579. The van der Waals surface area contributed by atoms with Gasteiger partial charge in [0.2, 0.25) is 10.0 Å². The van der Waals surface area contributed by atoms with Crippen molar-refractivity contribution in [2.75, 3.05) is 6.54 Å². The first-order valence-corrected chi connectivity index (χ1v) is 10.4. The summed E-state index contributed by atoms with van der Waals surface area (Å²) in [6.45, 7) is 0.451. The molecular formula is C19H27NO2S. The van der Waals surface area contributed by atoms with Gasteiger partial charge in [-0.15, -0.1) is 0 Å². The van der Waals surface area contributed by atoms with Gasteiger partial charge in [-0.25, -0.2) is 13.1 Å². The average molecular weight is 333 g/mol. The van der Waals surface area contributed by atoms with Gasteiger partial charge in [0.05, 0.1) is 4.90 Å². The van der Waals surface area contributed by atoms with Gasteiger partial charge in [-0.2, -0.15) is 0 Å². The summed E-state index contributed by atoms with van der Waals surface area (Å²) in [4.78, 5) is 0.383. The summed E-state index contributed by atoms with van der Waals surface area (Å²) in [5, 5.41) is 0. The molecular weight excluding hydrogens is 306 g/mol. The lowest BCUT2D eigenvalue weighted by atomic mass is 9.84. The van der Waals surface area contributed by atoms with Crippen LogP contribution >= 0.6 is 0 Å². The summed E-state index contributed by atoms with van der Waals surface area (Å²) >= 11 is 0. The van der Waals surface area contributed by atoms with Gasteiger partial charge in [0.25, 0.3) is 0 Å². The number of rotatable bonds is 5. The Kier molecular flexibility index (Phi) is 5.54. The Bertz CT molecular complexity index is 640. The van der Waals surface area contributed by atoms with Crippen molar-refractivity contribution in [2.45, 2.75) is 68.6 Å². The summed E-state index contributed by atoms with van der Waals surface area (Å²) in [6.07, 6.45) is 13.1. The van der Waals surface area contributed by atoms with E-state index in [-0.39, 0.29) is 0 Å². The molecule has 0 aliphatic heterocycles. The quantitative estimate of drug-likeness (QED) is 0.806. The minimum Gasteiger partial charge on any atom is -0.207 e. The highest BCUT2D eigenvalue weighted by molar-refractivity contribution is 7.89. The van der Waals surface area contributed by atoms with Gasteiger partial charge in [-0.05, 0) is 62.1 Å². The van der Waals surface area contributed by atoms with Gasteiger partial charge in [0, 0.05) is 6.54 Å². The smallest absolute Gasteiger partial charge is 0.207 e. The van der Waals surface area contributed by atoms with E-state index < -0.39 is 10.0 Å². The zero-order chi connectivity index (χ0) is 16.1. The SMILES string of the molecule is O=S(=O)(NCC1=CCCCC1)c1ccc(C2CCCCC2)cc1. The number of benzene rings is 1. The van der Waals surface area contributed by atoms with Crippen LogP contribution in [0.2, 0.25) is 0 Å². The Balaban J connectivity index is 1.63. The van der Waals surface area contributed by atoms with Gasteiger partial charge in [-0.1, -0.05) is 43.0 Å². The zero-order valence-electron chi connectivity index (χ0n) is 13.8. The number of hydrogen-bond donors (Lipinski definition) is 1. The fourth-order valence-electron chi connectivity index (χ4n) is 3.69. The third-order valence-electron chi connectivity index (χ3n) is 5.14. The summed E-state index contributed by atoms with van der Waals surface area (Å²) in [6, 6.07) is 7.54. The molecule has 0 saturated heterocycles. The summed E-state index contributed by atoms with van der Waals surface area (Å²) in [7, 11) is -3.40. The summed E-state index contributed by atoms with van der Waals surface area (Å²) in [5.41, 5.74) is 2.51. The minimum atomic E-state index is -3.40. The molecule has 126 valence electrons. The van der Waals surface area contributed by atoms with Crippen LogP contribution in [0.3, 0.4) is 0 Å². The molecule has 0 amide bonds. The van der Waals surface area contributed by atoms with Crippen molar-refractivity contribution >= 4 is 10.0 Å². The lowest BCUT2D eigenvalue weighted by Gasteiger charge is -2.22. The van der Waals surface area contributed by atoms with Crippen LogP contribution in [0.25, 0.3) is 0 Å². The highest BCUT2D eigenvalue weighted by Gasteiger charge is 2.18. The first kappa shape index (κ1) is 16.7. The Morgan fingerprint density at radius 1 is 0.957 bits per heavy atom. The third-order valence-corrected chi connectivity index (χ3v) is 6.56. The van der Waals surface area contributed by atoms with Crippen molar-refractivity contribution in [3.05, 3.63) is 41.5 Å². The first-order chi connectivity index (χ1) is 11.1. The maximum Gasteiger partial charge on any atom is 0.240 e. The van der Waals surface area contributed by atoms with Gasteiger partial charge >= 0.3 is 0 Å².